The van der Waals surface area contributed by atoms with Crippen LogP contribution in [0, 0.1) is 0 Å². The zero-order chi connectivity index (χ0) is 14.9. The highest BCUT2D eigenvalue weighted by Crippen LogP contribution is 2.31. The van der Waals surface area contributed by atoms with Crippen LogP contribution >= 0.6 is 0 Å². The van der Waals surface area contributed by atoms with Gasteiger partial charge >= 0.3 is 6.18 Å². The highest BCUT2D eigenvalue weighted by atomic mass is 19.4. The van der Waals surface area contributed by atoms with E-state index in [-0.39, 0.29) is 18.7 Å². The van der Waals surface area contributed by atoms with E-state index in [2.05, 4.69) is 4.98 Å². The van der Waals surface area contributed by atoms with Gasteiger partial charge in [0.25, 0.3) is 0 Å². The zero-order valence-corrected chi connectivity index (χ0v) is 11.4. The maximum atomic E-state index is 12.8. The lowest BCUT2D eigenvalue weighted by Gasteiger charge is -2.38. The van der Waals surface area contributed by atoms with E-state index in [0.29, 0.717) is 24.5 Å². The van der Waals surface area contributed by atoms with Gasteiger partial charge in [-0.2, -0.15) is 13.2 Å². The van der Waals surface area contributed by atoms with Crippen molar-refractivity contribution in [2.24, 2.45) is 5.73 Å². The van der Waals surface area contributed by atoms with Crippen LogP contribution in [-0.2, 0) is 17.5 Å². The molecular weight excluding hydrogens is 271 g/mol. The first-order chi connectivity index (χ1) is 9.32. The fourth-order valence-corrected chi connectivity index (χ4v) is 2.24. The Kier molecular flexibility index (Phi) is 4.19. The molecule has 7 heteroatoms. The summed E-state index contributed by atoms with van der Waals surface area (Å²) in [4.78, 5) is 5.63. The van der Waals surface area contributed by atoms with E-state index in [1.165, 1.54) is 6.07 Å². The van der Waals surface area contributed by atoms with Crippen molar-refractivity contribution in [1.82, 2.24) is 4.98 Å². The Labute approximate surface area is 115 Å². The van der Waals surface area contributed by atoms with Gasteiger partial charge in [0.2, 0.25) is 0 Å². The van der Waals surface area contributed by atoms with Crippen LogP contribution in [0.25, 0.3) is 0 Å². The monoisotopic (exact) mass is 289 g/mol. The second kappa shape index (κ2) is 5.57. The van der Waals surface area contributed by atoms with Crippen molar-refractivity contribution < 1.29 is 17.9 Å². The molecule has 20 heavy (non-hydrogen) atoms. The van der Waals surface area contributed by atoms with E-state index in [9.17, 15) is 13.2 Å². The average Bonchev–Trinajstić information content (AvgIpc) is 2.40. The highest BCUT2D eigenvalue weighted by molar-refractivity contribution is 5.49. The first-order valence-electron chi connectivity index (χ1n) is 6.48. The minimum atomic E-state index is -4.46. The van der Waals surface area contributed by atoms with E-state index in [1.54, 1.807) is 0 Å². The number of anilines is 1. The quantitative estimate of drug-likeness (QED) is 0.906. The number of halogens is 3. The third-order valence-electron chi connectivity index (χ3n) is 3.35. The molecule has 0 bridgehead atoms. The Balaban J connectivity index is 2.42. The minimum absolute atomic E-state index is 0.0347. The largest absolute Gasteiger partial charge is 0.433 e. The van der Waals surface area contributed by atoms with Gasteiger partial charge in [-0.25, -0.2) is 4.98 Å². The minimum Gasteiger partial charge on any atom is -0.375 e. The predicted octanol–water partition coefficient (Wildman–Crippen LogP) is 2.17. The van der Waals surface area contributed by atoms with Crippen molar-refractivity contribution in [2.45, 2.75) is 38.7 Å². The van der Waals surface area contributed by atoms with Crippen LogP contribution in [0.15, 0.2) is 12.1 Å². The van der Waals surface area contributed by atoms with Gasteiger partial charge in [-0.1, -0.05) is 6.07 Å². The van der Waals surface area contributed by atoms with Crippen molar-refractivity contribution in [3.8, 4) is 0 Å². The third kappa shape index (κ3) is 3.04. The summed E-state index contributed by atoms with van der Waals surface area (Å²) >= 11 is 0. The lowest BCUT2D eigenvalue weighted by molar-refractivity contribution is -0.141. The second-order valence-electron chi connectivity index (χ2n) is 5.03. The molecule has 1 aliphatic heterocycles. The van der Waals surface area contributed by atoms with E-state index in [4.69, 9.17) is 10.5 Å². The summed E-state index contributed by atoms with van der Waals surface area (Å²) in [5.74, 6) is 0.310. The molecule has 2 N–H and O–H groups in total. The van der Waals surface area contributed by atoms with E-state index in [0.717, 1.165) is 6.07 Å². The first kappa shape index (κ1) is 15.1. The molecule has 1 fully saturated rings. The van der Waals surface area contributed by atoms with Gasteiger partial charge in [0, 0.05) is 18.7 Å². The number of ether oxygens (including phenoxy) is 1. The van der Waals surface area contributed by atoms with Crippen molar-refractivity contribution in [3.05, 3.63) is 23.4 Å². The summed E-state index contributed by atoms with van der Waals surface area (Å²) in [6, 6.07) is 2.34. The Bertz CT molecular complexity index is 478. The molecule has 1 aromatic heterocycles. The molecule has 0 aliphatic carbocycles. The average molecular weight is 289 g/mol. The normalized spacial score (nSPS) is 24.0. The first-order valence-corrected chi connectivity index (χ1v) is 6.48. The molecular formula is C13H18F3N3O. The van der Waals surface area contributed by atoms with E-state index in [1.807, 2.05) is 18.7 Å². The molecule has 1 saturated heterocycles. The Morgan fingerprint density at radius 1 is 1.40 bits per heavy atom. The van der Waals surface area contributed by atoms with Gasteiger partial charge in [-0.15, -0.1) is 0 Å². The number of nitrogens with two attached hydrogens (primary N) is 1. The SMILES string of the molecule is CC1CN(c2nc(C(F)(F)F)ccc2CN)C(C)CO1. The third-order valence-corrected chi connectivity index (χ3v) is 3.35. The summed E-state index contributed by atoms with van der Waals surface area (Å²) in [6.07, 6.45) is -4.50. The van der Waals surface area contributed by atoms with Gasteiger partial charge in [-0.05, 0) is 19.9 Å². The van der Waals surface area contributed by atoms with Gasteiger partial charge in [0.1, 0.15) is 11.5 Å². The Morgan fingerprint density at radius 3 is 2.70 bits per heavy atom. The molecule has 0 aromatic carbocycles. The lowest BCUT2D eigenvalue weighted by atomic mass is 10.1. The van der Waals surface area contributed by atoms with Crippen LogP contribution < -0.4 is 10.6 Å². The molecule has 0 spiro atoms. The molecule has 1 aromatic rings. The fraction of sp³-hybridized carbons (Fsp3) is 0.615. The summed E-state index contributed by atoms with van der Waals surface area (Å²) in [7, 11) is 0. The Hall–Kier alpha value is -1.34. The van der Waals surface area contributed by atoms with Gasteiger partial charge in [0.05, 0.1) is 18.8 Å². The smallest absolute Gasteiger partial charge is 0.375 e. The number of rotatable bonds is 2. The van der Waals surface area contributed by atoms with Crippen molar-refractivity contribution in [3.63, 3.8) is 0 Å². The number of aromatic nitrogens is 1. The molecule has 1 aliphatic rings. The van der Waals surface area contributed by atoms with Crippen molar-refractivity contribution in [2.75, 3.05) is 18.1 Å². The molecule has 0 saturated carbocycles. The Morgan fingerprint density at radius 2 is 2.10 bits per heavy atom. The maximum absolute atomic E-state index is 12.8. The summed E-state index contributed by atoms with van der Waals surface area (Å²) in [5.41, 5.74) is 5.33. The molecule has 2 rings (SSSR count). The van der Waals surface area contributed by atoms with Crippen molar-refractivity contribution >= 4 is 5.82 Å². The number of hydrogen-bond donors (Lipinski definition) is 1. The van der Waals surface area contributed by atoms with Crippen LogP contribution in [0.4, 0.5) is 19.0 Å². The number of nitrogens with zero attached hydrogens (tertiary/aromatic N) is 2. The number of hydrogen-bond acceptors (Lipinski definition) is 4. The molecule has 4 nitrogen and oxygen atoms in total. The van der Waals surface area contributed by atoms with E-state index < -0.39 is 11.9 Å². The van der Waals surface area contributed by atoms with Crippen LogP contribution in [0.3, 0.4) is 0 Å². The van der Waals surface area contributed by atoms with Gasteiger partial charge in [-0.3, -0.25) is 0 Å². The molecule has 2 heterocycles. The van der Waals surface area contributed by atoms with Gasteiger partial charge < -0.3 is 15.4 Å². The summed E-state index contributed by atoms with van der Waals surface area (Å²) < 4.78 is 43.9. The van der Waals surface area contributed by atoms with Crippen molar-refractivity contribution in [1.29, 1.82) is 0 Å². The van der Waals surface area contributed by atoms with E-state index >= 15 is 0 Å². The van der Waals surface area contributed by atoms with Crippen LogP contribution in [-0.4, -0.2) is 30.3 Å². The summed E-state index contributed by atoms with van der Waals surface area (Å²) in [6.45, 7) is 4.90. The molecule has 2 unspecified atom stereocenters. The predicted molar refractivity (Wildman–Crippen MR) is 69.4 cm³/mol. The highest BCUT2D eigenvalue weighted by Gasteiger charge is 2.34. The fourth-order valence-electron chi connectivity index (χ4n) is 2.24. The standard InChI is InChI=1S/C13H18F3N3O/c1-8-7-20-9(2)6-19(8)12-10(5-17)3-4-11(18-12)13(14,15)16/h3-4,8-9H,5-7,17H2,1-2H3. The van der Waals surface area contributed by atoms with Gasteiger partial charge in [0.15, 0.2) is 0 Å². The zero-order valence-electron chi connectivity index (χ0n) is 11.4. The summed E-state index contributed by atoms with van der Waals surface area (Å²) in [5, 5.41) is 0. The topological polar surface area (TPSA) is 51.4 Å². The maximum Gasteiger partial charge on any atom is 0.433 e. The molecule has 0 radical (unpaired) electrons. The second-order valence-corrected chi connectivity index (χ2v) is 5.03. The molecule has 112 valence electrons. The van der Waals surface area contributed by atoms with Crippen LogP contribution in [0.1, 0.15) is 25.1 Å². The number of alkyl halides is 3. The molecule has 0 amide bonds. The van der Waals surface area contributed by atoms with Crippen LogP contribution in [0.2, 0.25) is 0 Å². The van der Waals surface area contributed by atoms with Crippen LogP contribution in [0.5, 0.6) is 0 Å². The number of morpholine rings is 1. The molecule has 2 atom stereocenters. The number of pyridine rings is 1. The lowest BCUT2D eigenvalue weighted by Crippen LogP contribution is -2.48.